The molecule has 0 saturated carbocycles. The molecule has 2 aromatic carbocycles. The minimum Gasteiger partial charge on any atom is -0.507 e. The molecule has 174 valence electrons. The predicted octanol–water partition coefficient (Wildman–Crippen LogP) is 4.66. The lowest BCUT2D eigenvalue weighted by Gasteiger charge is -2.25. The quantitative estimate of drug-likeness (QED) is 0.320. The molecule has 34 heavy (non-hydrogen) atoms. The van der Waals surface area contributed by atoms with Crippen molar-refractivity contribution in [1.82, 2.24) is 4.98 Å². The molecular formula is C24H17ClF2N2O5. The Morgan fingerprint density at radius 3 is 2.41 bits per heavy atom. The van der Waals surface area contributed by atoms with Crippen molar-refractivity contribution in [2.24, 2.45) is 0 Å². The Morgan fingerprint density at radius 1 is 1.06 bits per heavy atom. The lowest BCUT2D eigenvalue weighted by atomic mass is 9.97. The Morgan fingerprint density at radius 2 is 1.79 bits per heavy atom. The summed E-state index contributed by atoms with van der Waals surface area (Å²) >= 11 is 6.21. The van der Waals surface area contributed by atoms with E-state index < -0.39 is 35.1 Å². The minimum atomic E-state index is -1.31. The molecule has 1 fully saturated rings. The number of hydrogen-bond acceptors (Lipinski definition) is 6. The number of halogens is 3. The van der Waals surface area contributed by atoms with Crippen LogP contribution in [0.25, 0.3) is 5.76 Å². The summed E-state index contributed by atoms with van der Waals surface area (Å²) in [6.45, 7) is 0. The zero-order valence-electron chi connectivity index (χ0n) is 17.9. The van der Waals surface area contributed by atoms with E-state index in [9.17, 15) is 23.5 Å². The maximum absolute atomic E-state index is 14.7. The summed E-state index contributed by atoms with van der Waals surface area (Å²) in [5.74, 6) is -4.38. The average molecular weight is 487 g/mol. The SMILES string of the molecule is COc1cc(OC)c(/C(O)=C2\C(=O)C(=O)N(c3ccc(F)cc3F)C2c2ccccn2)cc1Cl. The normalized spacial score (nSPS) is 17.2. The van der Waals surface area contributed by atoms with E-state index in [1.807, 2.05) is 0 Å². The van der Waals surface area contributed by atoms with Crippen LogP contribution >= 0.6 is 11.6 Å². The molecule has 3 aromatic rings. The number of nitrogens with zero attached hydrogens (tertiary/aromatic N) is 2. The van der Waals surface area contributed by atoms with Crippen LogP contribution in [0.2, 0.25) is 5.02 Å². The van der Waals surface area contributed by atoms with Gasteiger partial charge in [0.2, 0.25) is 0 Å². The molecule has 1 atom stereocenters. The van der Waals surface area contributed by atoms with Crippen molar-refractivity contribution < 1.29 is 33.0 Å². The third-order valence-corrected chi connectivity index (χ3v) is 5.61. The molecule has 1 unspecified atom stereocenters. The van der Waals surface area contributed by atoms with Gasteiger partial charge >= 0.3 is 0 Å². The van der Waals surface area contributed by atoms with Crippen LogP contribution in [0.4, 0.5) is 14.5 Å². The number of ether oxygens (including phenoxy) is 2. The van der Waals surface area contributed by atoms with Crippen LogP contribution in [0, 0.1) is 11.6 Å². The number of carbonyl (C=O) groups excluding carboxylic acids is 2. The van der Waals surface area contributed by atoms with Gasteiger partial charge in [0, 0.05) is 18.3 Å². The van der Waals surface area contributed by atoms with Crippen molar-refractivity contribution in [3.8, 4) is 11.5 Å². The number of Topliss-reactive ketones (excluding diaryl/α,β-unsaturated/α-hetero) is 1. The highest BCUT2D eigenvalue weighted by Gasteiger charge is 2.48. The molecule has 0 bridgehead atoms. The summed E-state index contributed by atoms with van der Waals surface area (Å²) in [7, 11) is 2.73. The molecule has 0 radical (unpaired) electrons. The van der Waals surface area contributed by atoms with Crippen LogP contribution < -0.4 is 14.4 Å². The van der Waals surface area contributed by atoms with Gasteiger partial charge in [0.05, 0.1) is 41.8 Å². The molecule has 1 aromatic heterocycles. The number of amides is 1. The molecule has 1 saturated heterocycles. The lowest BCUT2D eigenvalue weighted by Crippen LogP contribution is -2.30. The van der Waals surface area contributed by atoms with Crippen LogP contribution in [-0.2, 0) is 9.59 Å². The number of anilines is 1. The Hall–Kier alpha value is -3.98. The smallest absolute Gasteiger partial charge is 0.300 e. The molecule has 0 aliphatic carbocycles. The molecule has 1 N–H and O–H groups in total. The van der Waals surface area contributed by atoms with E-state index >= 15 is 0 Å². The summed E-state index contributed by atoms with van der Waals surface area (Å²) in [6.07, 6.45) is 1.42. The number of methoxy groups -OCH3 is 2. The van der Waals surface area contributed by atoms with Gasteiger partial charge in [-0.15, -0.1) is 0 Å². The Bertz CT molecular complexity index is 1330. The highest BCUT2D eigenvalue weighted by molar-refractivity contribution is 6.51. The number of pyridine rings is 1. The second-order valence-corrected chi connectivity index (χ2v) is 7.61. The fraction of sp³-hybridized carbons (Fsp3) is 0.125. The summed E-state index contributed by atoms with van der Waals surface area (Å²) in [5, 5.41) is 11.3. The number of ketones is 1. The number of benzene rings is 2. The first-order valence-electron chi connectivity index (χ1n) is 9.87. The lowest BCUT2D eigenvalue weighted by molar-refractivity contribution is -0.132. The highest BCUT2D eigenvalue weighted by Crippen LogP contribution is 2.44. The van der Waals surface area contributed by atoms with Gasteiger partial charge in [-0.05, 0) is 30.3 Å². The fourth-order valence-electron chi connectivity index (χ4n) is 3.77. The molecule has 1 aliphatic rings. The van der Waals surface area contributed by atoms with E-state index in [0.29, 0.717) is 6.07 Å². The number of aliphatic hydroxyl groups is 1. The Labute approximate surface area is 197 Å². The number of carbonyl (C=O) groups is 2. The highest BCUT2D eigenvalue weighted by atomic mass is 35.5. The third kappa shape index (κ3) is 3.84. The Kier molecular flexibility index (Phi) is 6.21. The minimum absolute atomic E-state index is 0.00630. The van der Waals surface area contributed by atoms with E-state index in [0.717, 1.165) is 17.0 Å². The first kappa shape index (κ1) is 23.2. The summed E-state index contributed by atoms with van der Waals surface area (Å²) in [4.78, 5) is 31.2. The molecule has 4 rings (SSSR count). The zero-order valence-corrected chi connectivity index (χ0v) is 18.6. The van der Waals surface area contributed by atoms with Crippen molar-refractivity contribution in [1.29, 1.82) is 0 Å². The first-order chi connectivity index (χ1) is 16.3. The first-order valence-corrected chi connectivity index (χ1v) is 10.2. The topological polar surface area (TPSA) is 89.0 Å². The Balaban J connectivity index is 2.00. The number of hydrogen-bond donors (Lipinski definition) is 1. The average Bonchev–Trinajstić information content (AvgIpc) is 3.09. The molecule has 10 heteroatoms. The summed E-state index contributed by atoms with van der Waals surface area (Å²) in [6, 6.07) is 8.73. The van der Waals surface area contributed by atoms with Gasteiger partial charge in [0.25, 0.3) is 11.7 Å². The zero-order chi connectivity index (χ0) is 24.6. The monoisotopic (exact) mass is 486 g/mol. The van der Waals surface area contributed by atoms with Gasteiger partial charge in [0.15, 0.2) is 0 Å². The largest absolute Gasteiger partial charge is 0.507 e. The molecule has 1 amide bonds. The molecular weight excluding hydrogens is 470 g/mol. The van der Waals surface area contributed by atoms with E-state index in [2.05, 4.69) is 4.98 Å². The number of rotatable bonds is 5. The van der Waals surface area contributed by atoms with Gasteiger partial charge in [-0.25, -0.2) is 8.78 Å². The van der Waals surface area contributed by atoms with E-state index in [-0.39, 0.29) is 39.0 Å². The number of aliphatic hydroxyl groups excluding tert-OH is 1. The predicted molar refractivity (Wildman–Crippen MR) is 120 cm³/mol. The van der Waals surface area contributed by atoms with Crippen molar-refractivity contribution in [2.75, 3.05) is 19.1 Å². The van der Waals surface area contributed by atoms with Crippen LogP contribution in [0.3, 0.4) is 0 Å². The van der Waals surface area contributed by atoms with Gasteiger partial charge in [-0.1, -0.05) is 17.7 Å². The fourth-order valence-corrected chi connectivity index (χ4v) is 4.01. The second-order valence-electron chi connectivity index (χ2n) is 7.21. The third-order valence-electron chi connectivity index (χ3n) is 5.31. The molecule has 2 heterocycles. The van der Waals surface area contributed by atoms with Gasteiger partial charge in [-0.3, -0.25) is 19.5 Å². The van der Waals surface area contributed by atoms with E-state index in [4.69, 9.17) is 21.1 Å². The van der Waals surface area contributed by atoms with Gasteiger partial charge in [-0.2, -0.15) is 0 Å². The summed E-state index contributed by atoms with van der Waals surface area (Å²) < 4.78 is 38.7. The molecule has 0 spiro atoms. The van der Waals surface area contributed by atoms with Crippen LogP contribution in [0.5, 0.6) is 11.5 Å². The van der Waals surface area contributed by atoms with Gasteiger partial charge in [0.1, 0.15) is 34.9 Å². The maximum Gasteiger partial charge on any atom is 0.300 e. The van der Waals surface area contributed by atoms with Crippen molar-refractivity contribution >= 4 is 34.7 Å². The van der Waals surface area contributed by atoms with Crippen LogP contribution in [0.15, 0.2) is 60.3 Å². The standard InChI is InChI=1S/C24H17ClF2N2O5/c1-33-18-11-19(34-2)14(25)10-13(18)22(30)20-21(16-5-3-4-8-28-16)29(24(32)23(20)31)17-7-6-12(26)9-15(17)27/h3-11,21,30H,1-2H3/b22-20+. The van der Waals surface area contributed by atoms with Crippen LogP contribution in [0.1, 0.15) is 17.3 Å². The second kappa shape index (κ2) is 9.11. The van der Waals surface area contributed by atoms with Crippen molar-refractivity contribution in [3.05, 3.63) is 88.2 Å². The van der Waals surface area contributed by atoms with Gasteiger partial charge < -0.3 is 14.6 Å². The molecule has 7 nitrogen and oxygen atoms in total. The van der Waals surface area contributed by atoms with Crippen LogP contribution in [-0.4, -0.2) is 36.0 Å². The van der Waals surface area contributed by atoms with E-state index in [1.54, 1.807) is 12.1 Å². The number of aromatic nitrogens is 1. The van der Waals surface area contributed by atoms with E-state index in [1.165, 1.54) is 38.6 Å². The summed E-state index contributed by atoms with van der Waals surface area (Å²) in [5.41, 5.74) is -0.540. The maximum atomic E-state index is 14.7. The van der Waals surface area contributed by atoms with Crippen molar-refractivity contribution in [3.63, 3.8) is 0 Å². The van der Waals surface area contributed by atoms with Crippen molar-refractivity contribution in [2.45, 2.75) is 6.04 Å². The molecule has 1 aliphatic heterocycles.